The molecule has 0 aliphatic carbocycles. The third-order valence-corrected chi connectivity index (χ3v) is 4.94. The maximum Gasteiger partial charge on any atom is 0.241 e. The Morgan fingerprint density at radius 1 is 1.43 bits per heavy atom. The maximum atomic E-state index is 12.3. The van der Waals surface area contributed by atoms with Gasteiger partial charge in [-0.05, 0) is 43.5 Å². The van der Waals surface area contributed by atoms with Crippen molar-refractivity contribution in [2.45, 2.75) is 30.7 Å². The summed E-state index contributed by atoms with van der Waals surface area (Å²) in [4.78, 5) is 24.7. The molecule has 6 heteroatoms. The fourth-order valence-electron chi connectivity index (χ4n) is 2.70. The lowest BCUT2D eigenvalue weighted by Gasteiger charge is -2.27. The number of thioether (sulfide) groups is 1. The summed E-state index contributed by atoms with van der Waals surface area (Å²) < 4.78 is 0. The lowest BCUT2D eigenvalue weighted by Crippen LogP contribution is -2.45. The van der Waals surface area contributed by atoms with Crippen LogP contribution in [0.1, 0.15) is 19.8 Å². The molecule has 0 aromatic heterocycles. The highest BCUT2D eigenvalue weighted by Gasteiger charge is 2.25. The normalized spacial score (nSPS) is 24.9. The molecule has 3 N–H and O–H groups in total. The van der Waals surface area contributed by atoms with Crippen molar-refractivity contribution >= 4 is 35.0 Å². The molecule has 0 bridgehead atoms. The van der Waals surface area contributed by atoms with Gasteiger partial charge in [0.15, 0.2) is 0 Å². The van der Waals surface area contributed by atoms with Gasteiger partial charge in [-0.2, -0.15) is 0 Å². The number of hydrogen-bond acceptors (Lipinski definition) is 4. The first-order chi connectivity index (χ1) is 10.1. The van der Waals surface area contributed by atoms with E-state index < -0.39 is 0 Å². The van der Waals surface area contributed by atoms with Gasteiger partial charge in [-0.3, -0.25) is 9.59 Å². The maximum absolute atomic E-state index is 12.3. The Morgan fingerprint density at radius 3 is 3.10 bits per heavy atom. The Hall–Kier alpha value is -1.53. The minimum Gasteiger partial charge on any atom is -0.325 e. The van der Waals surface area contributed by atoms with Crippen LogP contribution in [0.25, 0.3) is 0 Å². The van der Waals surface area contributed by atoms with E-state index in [4.69, 9.17) is 0 Å². The largest absolute Gasteiger partial charge is 0.325 e. The predicted octanol–water partition coefficient (Wildman–Crippen LogP) is 2.06. The molecule has 2 amide bonds. The van der Waals surface area contributed by atoms with Crippen LogP contribution in [-0.4, -0.2) is 30.2 Å². The molecule has 3 rings (SSSR count). The van der Waals surface area contributed by atoms with Crippen molar-refractivity contribution < 1.29 is 9.59 Å². The molecule has 21 heavy (non-hydrogen) atoms. The van der Waals surface area contributed by atoms with Gasteiger partial charge in [-0.25, -0.2) is 0 Å². The average Bonchev–Trinajstić information content (AvgIpc) is 2.46. The minimum absolute atomic E-state index is 0.00116. The van der Waals surface area contributed by atoms with Crippen LogP contribution in [0.3, 0.4) is 0 Å². The third kappa shape index (κ3) is 3.39. The van der Waals surface area contributed by atoms with Crippen LogP contribution < -0.4 is 16.0 Å². The molecule has 5 nitrogen and oxygen atoms in total. The zero-order valence-electron chi connectivity index (χ0n) is 11.9. The number of hydrogen-bond donors (Lipinski definition) is 3. The molecular formula is C15H19N3O2S. The first-order valence-corrected chi connectivity index (χ1v) is 8.21. The lowest BCUT2D eigenvalue weighted by molar-refractivity contribution is -0.119. The van der Waals surface area contributed by atoms with E-state index in [-0.39, 0.29) is 17.9 Å². The van der Waals surface area contributed by atoms with Gasteiger partial charge in [0.1, 0.15) is 0 Å². The molecule has 2 heterocycles. The number of nitrogens with one attached hydrogen (secondary N) is 3. The lowest BCUT2D eigenvalue weighted by atomic mass is 9.94. The monoisotopic (exact) mass is 305 g/mol. The molecule has 1 aromatic rings. The van der Waals surface area contributed by atoms with Crippen molar-refractivity contribution in [3.63, 3.8) is 0 Å². The summed E-state index contributed by atoms with van der Waals surface area (Å²) >= 11 is 1.52. The van der Waals surface area contributed by atoms with Gasteiger partial charge in [-0.1, -0.05) is 6.92 Å². The van der Waals surface area contributed by atoms with Crippen LogP contribution in [0.2, 0.25) is 0 Å². The summed E-state index contributed by atoms with van der Waals surface area (Å²) in [5.41, 5.74) is 1.50. The van der Waals surface area contributed by atoms with Gasteiger partial charge in [0.05, 0.1) is 17.5 Å². The van der Waals surface area contributed by atoms with Crippen LogP contribution >= 0.6 is 11.8 Å². The first-order valence-electron chi connectivity index (χ1n) is 7.23. The molecule has 2 aliphatic heterocycles. The van der Waals surface area contributed by atoms with Gasteiger partial charge in [0, 0.05) is 10.6 Å². The van der Waals surface area contributed by atoms with Gasteiger partial charge < -0.3 is 16.0 Å². The molecule has 2 unspecified atom stereocenters. The second-order valence-corrected chi connectivity index (χ2v) is 6.69. The smallest absolute Gasteiger partial charge is 0.241 e. The van der Waals surface area contributed by atoms with Crippen LogP contribution in [-0.2, 0) is 9.59 Å². The number of amides is 2. The fraction of sp³-hybridized carbons (Fsp3) is 0.467. The van der Waals surface area contributed by atoms with Crippen molar-refractivity contribution in [3.05, 3.63) is 18.2 Å². The molecule has 2 aliphatic rings. The molecular weight excluding hydrogens is 286 g/mol. The Bertz CT molecular complexity index is 576. The highest BCUT2D eigenvalue weighted by Crippen LogP contribution is 2.33. The number of carbonyl (C=O) groups excluding carboxylic acids is 2. The molecule has 1 aromatic carbocycles. The number of benzene rings is 1. The van der Waals surface area contributed by atoms with E-state index in [0.29, 0.717) is 11.7 Å². The van der Waals surface area contributed by atoms with Gasteiger partial charge in [0.25, 0.3) is 0 Å². The standard InChI is InChI=1S/C15H19N3O2S/c1-9-4-5-16-12(6-9)15(20)17-10-2-3-13-11(7-10)18-14(19)8-21-13/h2-3,7,9,12,16H,4-6,8H2,1H3,(H,17,20)(H,18,19). The number of rotatable bonds is 2. The highest BCUT2D eigenvalue weighted by molar-refractivity contribution is 8.00. The summed E-state index contributed by atoms with van der Waals surface area (Å²) in [6, 6.07) is 5.51. The van der Waals surface area contributed by atoms with Crippen LogP contribution in [0.5, 0.6) is 0 Å². The summed E-state index contributed by atoms with van der Waals surface area (Å²) in [6.07, 6.45) is 1.98. The molecule has 0 saturated carbocycles. The van der Waals surface area contributed by atoms with E-state index >= 15 is 0 Å². The topological polar surface area (TPSA) is 70.2 Å². The SMILES string of the molecule is CC1CCNC(C(=O)Nc2ccc3c(c2)NC(=O)CS3)C1. The first kappa shape index (κ1) is 14.4. The van der Waals surface area contributed by atoms with Crippen molar-refractivity contribution in [1.29, 1.82) is 0 Å². The molecule has 2 atom stereocenters. The zero-order chi connectivity index (χ0) is 14.8. The van der Waals surface area contributed by atoms with Crippen molar-refractivity contribution in [1.82, 2.24) is 5.32 Å². The summed E-state index contributed by atoms with van der Waals surface area (Å²) in [7, 11) is 0. The van der Waals surface area contributed by atoms with Crippen molar-refractivity contribution in [3.8, 4) is 0 Å². The second kappa shape index (κ2) is 6.07. The van der Waals surface area contributed by atoms with Crippen molar-refractivity contribution in [2.75, 3.05) is 22.9 Å². The number of anilines is 2. The van der Waals surface area contributed by atoms with E-state index in [0.717, 1.165) is 35.7 Å². The Kier molecular flexibility index (Phi) is 4.17. The zero-order valence-corrected chi connectivity index (χ0v) is 12.8. The molecule has 112 valence electrons. The third-order valence-electron chi connectivity index (χ3n) is 3.86. The predicted molar refractivity (Wildman–Crippen MR) is 84.6 cm³/mol. The quantitative estimate of drug-likeness (QED) is 0.782. The van der Waals surface area contributed by atoms with E-state index in [9.17, 15) is 9.59 Å². The van der Waals surface area contributed by atoms with Crippen molar-refractivity contribution in [2.24, 2.45) is 5.92 Å². The summed E-state index contributed by atoms with van der Waals surface area (Å²) in [5.74, 6) is 1.01. The Labute approximate surface area is 128 Å². The summed E-state index contributed by atoms with van der Waals surface area (Å²) in [5, 5.41) is 9.02. The average molecular weight is 305 g/mol. The van der Waals surface area contributed by atoms with Crippen LogP contribution in [0.15, 0.2) is 23.1 Å². The van der Waals surface area contributed by atoms with E-state index in [1.54, 1.807) is 0 Å². The molecule has 1 fully saturated rings. The van der Waals surface area contributed by atoms with Gasteiger partial charge in [-0.15, -0.1) is 11.8 Å². The fourth-order valence-corrected chi connectivity index (χ4v) is 3.49. The van der Waals surface area contributed by atoms with E-state index in [1.807, 2.05) is 18.2 Å². The Morgan fingerprint density at radius 2 is 2.29 bits per heavy atom. The van der Waals surface area contributed by atoms with E-state index in [1.165, 1.54) is 11.8 Å². The molecule has 0 spiro atoms. The minimum atomic E-state index is -0.131. The molecule has 1 saturated heterocycles. The second-order valence-electron chi connectivity index (χ2n) is 5.67. The number of carbonyl (C=O) groups is 2. The van der Waals surface area contributed by atoms with Gasteiger partial charge >= 0.3 is 0 Å². The van der Waals surface area contributed by atoms with E-state index in [2.05, 4.69) is 22.9 Å². The van der Waals surface area contributed by atoms with Gasteiger partial charge in [0.2, 0.25) is 11.8 Å². The summed E-state index contributed by atoms with van der Waals surface area (Å²) in [6.45, 7) is 3.06. The number of fused-ring (bicyclic) bond motifs is 1. The highest BCUT2D eigenvalue weighted by atomic mass is 32.2. The molecule has 0 radical (unpaired) electrons. The number of piperidine rings is 1. The van der Waals surface area contributed by atoms with Crippen LogP contribution in [0.4, 0.5) is 11.4 Å². The van der Waals surface area contributed by atoms with Crippen LogP contribution in [0, 0.1) is 5.92 Å². The Balaban J connectivity index is 1.68.